The first-order valence-corrected chi connectivity index (χ1v) is 5.62. The van der Waals surface area contributed by atoms with Crippen LogP contribution in [0.3, 0.4) is 0 Å². The van der Waals surface area contributed by atoms with Gasteiger partial charge in [0.1, 0.15) is 0 Å². The molecule has 3 heteroatoms. The lowest BCUT2D eigenvalue weighted by atomic mass is 9.85. The molecule has 1 fully saturated rings. The summed E-state index contributed by atoms with van der Waals surface area (Å²) in [5.74, 6) is 0.651. The average molecular weight is 198 g/mol. The van der Waals surface area contributed by atoms with Gasteiger partial charge in [-0.05, 0) is 31.7 Å². The van der Waals surface area contributed by atoms with E-state index < -0.39 is 0 Å². The molecule has 1 aliphatic rings. The summed E-state index contributed by atoms with van der Waals surface area (Å²) < 4.78 is 0. The number of nitrogens with one attached hydrogen (secondary N) is 1. The molecule has 0 spiro atoms. The van der Waals surface area contributed by atoms with Gasteiger partial charge in [-0.25, -0.2) is 0 Å². The van der Waals surface area contributed by atoms with E-state index in [0.717, 1.165) is 25.8 Å². The molecule has 82 valence electrons. The highest BCUT2D eigenvalue weighted by atomic mass is 16.1. The Labute approximate surface area is 86.4 Å². The monoisotopic (exact) mass is 198 g/mol. The highest BCUT2D eigenvalue weighted by Crippen LogP contribution is 2.23. The van der Waals surface area contributed by atoms with Gasteiger partial charge in [0.15, 0.2) is 0 Å². The smallest absolute Gasteiger partial charge is 0.220 e. The first-order chi connectivity index (χ1) is 6.59. The van der Waals surface area contributed by atoms with Crippen LogP contribution >= 0.6 is 0 Å². The average Bonchev–Trinajstić information content (AvgIpc) is 2.15. The molecule has 14 heavy (non-hydrogen) atoms. The van der Waals surface area contributed by atoms with Crippen molar-refractivity contribution in [3.8, 4) is 0 Å². The molecule has 0 bridgehead atoms. The van der Waals surface area contributed by atoms with Crippen molar-refractivity contribution >= 4 is 5.91 Å². The van der Waals surface area contributed by atoms with Crippen LogP contribution in [0.1, 0.15) is 39.5 Å². The maximum Gasteiger partial charge on any atom is 0.220 e. The largest absolute Gasteiger partial charge is 0.369 e. The maximum atomic E-state index is 11.0. The summed E-state index contributed by atoms with van der Waals surface area (Å²) in [4.78, 5) is 11.0. The highest BCUT2D eigenvalue weighted by Gasteiger charge is 2.25. The molecular formula is C11H22N2O. The van der Waals surface area contributed by atoms with Crippen molar-refractivity contribution in [2.24, 2.45) is 17.6 Å². The fraction of sp³-hybridized carbons (Fsp3) is 0.909. The summed E-state index contributed by atoms with van der Waals surface area (Å²) in [6.07, 6.45) is 4.23. The van der Waals surface area contributed by atoms with Crippen molar-refractivity contribution in [2.45, 2.75) is 45.6 Å². The van der Waals surface area contributed by atoms with Crippen molar-refractivity contribution < 1.29 is 4.79 Å². The molecule has 3 N–H and O–H groups in total. The highest BCUT2D eigenvalue weighted by molar-refractivity contribution is 5.76. The lowest BCUT2D eigenvalue weighted by Crippen LogP contribution is -2.39. The molecule has 1 saturated carbocycles. The number of carbonyl (C=O) groups excluding carboxylic acids is 1. The van der Waals surface area contributed by atoms with Crippen LogP contribution in [0.15, 0.2) is 0 Å². The third-order valence-electron chi connectivity index (χ3n) is 2.89. The number of rotatable bonds is 4. The zero-order valence-corrected chi connectivity index (χ0v) is 9.25. The summed E-state index contributed by atoms with van der Waals surface area (Å²) in [6.45, 7) is 5.43. The van der Waals surface area contributed by atoms with Crippen molar-refractivity contribution in [1.29, 1.82) is 0 Å². The van der Waals surface area contributed by atoms with Crippen LogP contribution in [0.2, 0.25) is 0 Å². The normalized spacial score (nSPS) is 27.9. The van der Waals surface area contributed by atoms with Gasteiger partial charge < -0.3 is 11.1 Å². The summed E-state index contributed by atoms with van der Waals surface area (Å²) in [7, 11) is 0. The molecule has 0 aromatic heterocycles. The number of amides is 1. The fourth-order valence-electron chi connectivity index (χ4n) is 2.04. The minimum absolute atomic E-state index is 0.105. The van der Waals surface area contributed by atoms with Crippen LogP contribution in [-0.2, 0) is 4.79 Å². The fourth-order valence-corrected chi connectivity index (χ4v) is 2.04. The number of hydrogen-bond acceptors (Lipinski definition) is 2. The number of nitrogens with two attached hydrogens (primary N) is 1. The van der Waals surface area contributed by atoms with E-state index in [4.69, 9.17) is 5.73 Å². The predicted octanol–water partition coefficient (Wildman–Crippen LogP) is 1.28. The Balaban J connectivity index is 2.29. The van der Waals surface area contributed by atoms with E-state index in [1.807, 2.05) is 0 Å². The maximum absolute atomic E-state index is 11.0. The van der Waals surface area contributed by atoms with Gasteiger partial charge in [-0.3, -0.25) is 4.79 Å². The van der Waals surface area contributed by atoms with Crippen LogP contribution in [0.4, 0.5) is 0 Å². The van der Waals surface area contributed by atoms with Crippen LogP contribution < -0.4 is 11.1 Å². The molecule has 0 radical (unpaired) electrons. The van der Waals surface area contributed by atoms with Gasteiger partial charge in [0.25, 0.3) is 0 Å². The predicted molar refractivity (Wildman–Crippen MR) is 57.8 cm³/mol. The minimum atomic E-state index is -0.124. The molecule has 0 heterocycles. The lowest BCUT2D eigenvalue weighted by molar-refractivity contribution is -0.122. The molecule has 2 atom stereocenters. The topological polar surface area (TPSA) is 55.1 Å². The molecule has 0 aromatic rings. The van der Waals surface area contributed by atoms with Crippen molar-refractivity contribution in [3.05, 3.63) is 0 Å². The zero-order valence-electron chi connectivity index (χ0n) is 9.25. The minimum Gasteiger partial charge on any atom is -0.369 e. The van der Waals surface area contributed by atoms with Crippen LogP contribution in [-0.4, -0.2) is 18.5 Å². The second-order valence-electron chi connectivity index (χ2n) is 4.76. The second-order valence-corrected chi connectivity index (χ2v) is 4.76. The van der Waals surface area contributed by atoms with Crippen LogP contribution in [0, 0.1) is 11.8 Å². The van der Waals surface area contributed by atoms with Gasteiger partial charge in [0, 0.05) is 12.0 Å². The van der Waals surface area contributed by atoms with Crippen LogP contribution in [0.5, 0.6) is 0 Å². The number of hydrogen-bond donors (Lipinski definition) is 2. The molecule has 1 amide bonds. The molecule has 3 nitrogen and oxygen atoms in total. The summed E-state index contributed by atoms with van der Waals surface area (Å²) in [6, 6.07) is 0.503. The number of primary amides is 1. The molecule has 0 aromatic carbocycles. The molecular weight excluding hydrogens is 176 g/mol. The molecule has 2 unspecified atom stereocenters. The van der Waals surface area contributed by atoms with Gasteiger partial charge >= 0.3 is 0 Å². The van der Waals surface area contributed by atoms with E-state index in [-0.39, 0.29) is 11.8 Å². The Morgan fingerprint density at radius 3 is 2.79 bits per heavy atom. The Kier molecular flexibility index (Phi) is 4.39. The van der Waals surface area contributed by atoms with Gasteiger partial charge in [-0.1, -0.05) is 20.3 Å². The SMILES string of the molecule is CC(C)CNC1CCCC(C(N)=O)C1. The van der Waals surface area contributed by atoms with Crippen LogP contribution in [0.25, 0.3) is 0 Å². The third kappa shape index (κ3) is 3.66. The van der Waals surface area contributed by atoms with E-state index in [2.05, 4.69) is 19.2 Å². The lowest BCUT2D eigenvalue weighted by Gasteiger charge is -2.28. The van der Waals surface area contributed by atoms with Crippen molar-refractivity contribution in [1.82, 2.24) is 5.32 Å². The van der Waals surface area contributed by atoms with E-state index in [1.165, 1.54) is 6.42 Å². The number of carbonyl (C=O) groups is 1. The van der Waals surface area contributed by atoms with Gasteiger partial charge in [0.2, 0.25) is 5.91 Å². The summed E-state index contributed by atoms with van der Waals surface area (Å²) in [5, 5.41) is 3.50. The quantitative estimate of drug-likeness (QED) is 0.715. The van der Waals surface area contributed by atoms with Gasteiger partial charge in [-0.15, -0.1) is 0 Å². The van der Waals surface area contributed by atoms with E-state index >= 15 is 0 Å². The Morgan fingerprint density at radius 2 is 2.21 bits per heavy atom. The van der Waals surface area contributed by atoms with Crippen molar-refractivity contribution in [3.63, 3.8) is 0 Å². The Morgan fingerprint density at radius 1 is 1.50 bits per heavy atom. The standard InChI is InChI=1S/C11H22N2O/c1-8(2)7-13-10-5-3-4-9(6-10)11(12)14/h8-10,13H,3-7H2,1-2H3,(H2,12,14). The van der Waals surface area contributed by atoms with Gasteiger partial charge in [-0.2, -0.15) is 0 Å². The summed E-state index contributed by atoms with van der Waals surface area (Å²) in [5.41, 5.74) is 5.32. The van der Waals surface area contributed by atoms with E-state index in [9.17, 15) is 4.79 Å². The van der Waals surface area contributed by atoms with Crippen molar-refractivity contribution in [2.75, 3.05) is 6.54 Å². The zero-order chi connectivity index (χ0) is 10.6. The van der Waals surface area contributed by atoms with E-state index in [1.54, 1.807) is 0 Å². The van der Waals surface area contributed by atoms with Gasteiger partial charge in [0.05, 0.1) is 0 Å². The molecule has 0 saturated heterocycles. The first-order valence-electron chi connectivity index (χ1n) is 5.62. The molecule has 1 rings (SSSR count). The van der Waals surface area contributed by atoms with E-state index in [0.29, 0.717) is 12.0 Å². The molecule has 0 aliphatic heterocycles. The molecule has 1 aliphatic carbocycles. The second kappa shape index (κ2) is 5.35. The summed E-state index contributed by atoms with van der Waals surface area (Å²) >= 11 is 0. The third-order valence-corrected chi connectivity index (χ3v) is 2.89. The Hall–Kier alpha value is -0.570. The Bertz CT molecular complexity index is 192. The first kappa shape index (κ1) is 11.5.